The predicted molar refractivity (Wildman–Crippen MR) is 105 cm³/mol. The molecule has 0 aromatic heterocycles. The lowest BCUT2D eigenvalue weighted by molar-refractivity contribution is -0.142. The van der Waals surface area contributed by atoms with Crippen molar-refractivity contribution in [3.8, 4) is 11.5 Å². The van der Waals surface area contributed by atoms with Gasteiger partial charge in [-0.05, 0) is 25.0 Å². The number of anilines is 1. The Bertz CT molecular complexity index is 870. The average molecular weight is 419 g/mol. The molecule has 3 atom stereocenters. The van der Waals surface area contributed by atoms with E-state index >= 15 is 0 Å². The highest BCUT2D eigenvalue weighted by Gasteiger charge is 2.37. The van der Waals surface area contributed by atoms with Crippen molar-refractivity contribution in [2.24, 2.45) is 11.8 Å². The zero-order valence-electron chi connectivity index (χ0n) is 17.0. The fourth-order valence-corrected chi connectivity index (χ4v) is 3.36. The van der Waals surface area contributed by atoms with Crippen LogP contribution in [0, 0.1) is 11.8 Å². The van der Waals surface area contributed by atoms with Gasteiger partial charge in [0.15, 0.2) is 11.5 Å². The van der Waals surface area contributed by atoms with E-state index in [9.17, 15) is 19.2 Å². The SMILES string of the molecule is CC(NC(=O)C(NC(=O)C1CC(=O)N(c2ccc3c(c2)OCO3)C1)C(C)C)C(=O)O. The third kappa shape index (κ3) is 4.47. The topological polar surface area (TPSA) is 134 Å². The van der Waals surface area contributed by atoms with Crippen LogP contribution in [0.4, 0.5) is 5.69 Å². The van der Waals surface area contributed by atoms with E-state index in [1.165, 1.54) is 11.8 Å². The molecule has 0 bridgehead atoms. The number of fused-ring (bicyclic) bond motifs is 1. The Morgan fingerprint density at radius 1 is 1.13 bits per heavy atom. The van der Waals surface area contributed by atoms with Crippen LogP contribution in [-0.4, -0.2) is 54.2 Å². The lowest BCUT2D eigenvalue weighted by atomic mass is 10.0. The summed E-state index contributed by atoms with van der Waals surface area (Å²) in [5.74, 6) is -2.14. The number of hydrogen-bond donors (Lipinski definition) is 3. The van der Waals surface area contributed by atoms with Crippen molar-refractivity contribution in [3.05, 3.63) is 18.2 Å². The number of ether oxygens (including phenoxy) is 2. The van der Waals surface area contributed by atoms with E-state index in [1.54, 1.807) is 32.0 Å². The van der Waals surface area contributed by atoms with Gasteiger partial charge in [0.05, 0.1) is 5.92 Å². The smallest absolute Gasteiger partial charge is 0.325 e. The summed E-state index contributed by atoms with van der Waals surface area (Å²) in [5, 5.41) is 14.0. The molecule has 2 heterocycles. The van der Waals surface area contributed by atoms with Gasteiger partial charge in [0, 0.05) is 24.7 Å². The number of carboxylic acid groups (broad SMARTS) is 1. The van der Waals surface area contributed by atoms with Crippen molar-refractivity contribution in [1.29, 1.82) is 0 Å². The molecule has 10 nitrogen and oxygen atoms in total. The molecule has 3 rings (SSSR count). The second-order valence-electron chi connectivity index (χ2n) is 7.74. The van der Waals surface area contributed by atoms with E-state index in [0.29, 0.717) is 17.2 Å². The van der Waals surface area contributed by atoms with Gasteiger partial charge in [0.2, 0.25) is 24.5 Å². The van der Waals surface area contributed by atoms with Gasteiger partial charge in [0.1, 0.15) is 12.1 Å². The third-order valence-corrected chi connectivity index (χ3v) is 5.14. The second kappa shape index (κ2) is 8.60. The highest BCUT2D eigenvalue weighted by molar-refractivity contribution is 6.01. The number of rotatable bonds is 7. The van der Waals surface area contributed by atoms with Crippen molar-refractivity contribution in [1.82, 2.24) is 10.6 Å². The van der Waals surface area contributed by atoms with Crippen LogP contribution in [0.15, 0.2) is 18.2 Å². The van der Waals surface area contributed by atoms with Crippen LogP contribution >= 0.6 is 0 Å². The molecule has 0 radical (unpaired) electrons. The van der Waals surface area contributed by atoms with E-state index in [1.807, 2.05) is 0 Å². The normalized spacial score (nSPS) is 19.5. The highest BCUT2D eigenvalue weighted by atomic mass is 16.7. The van der Waals surface area contributed by atoms with Crippen LogP contribution < -0.4 is 25.0 Å². The molecule has 1 aromatic rings. The molecule has 0 spiro atoms. The van der Waals surface area contributed by atoms with E-state index in [2.05, 4.69) is 10.6 Å². The summed E-state index contributed by atoms with van der Waals surface area (Å²) < 4.78 is 10.6. The van der Waals surface area contributed by atoms with Crippen LogP contribution in [0.1, 0.15) is 27.2 Å². The lowest BCUT2D eigenvalue weighted by Crippen LogP contribution is -2.54. The monoisotopic (exact) mass is 419 g/mol. The first kappa shape index (κ1) is 21.4. The molecule has 162 valence electrons. The van der Waals surface area contributed by atoms with Gasteiger partial charge in [-0.2, -0.15) is 0 Å². The molecule has 2 aliphatic rings. The summed E-state index contributed by atoms with van der Waals surface area (Å²) in [7, 11) is 0. The summed E-state index contributed by atoms with van der Waals surface area (Å²) >= 11 is 0. The molecule has 0 saturated carbocycles. The Kier molecular flexibility index (Phi) is 6.14. The molecule has 1 aromatic carbocycles. The van der Waals surface area contributed by atoms with Gasteiger partial charge in [0.25, 0.3) is 0 Å². The summed E-state index contributed by atoms with van der Waals surface area (Å²) in [6.45, 7) is 5.13. The minimum absolute atomic E-state index is 0.0121. The van der Waals surface area contributed by atoms with Gasteiger partial charge >= 0.3 is 5.97 Å². The predicted octanol–water partition coefficient (Wildman–Crippen LogP) is 0.498. The largest absolute Gasteiger partial charge is 0.480 e. The van der Waals surface area contributed by atoms with Crippen LogP contribution in [-0.2, 0) is 19.2 Å². The number of nitrogens with one attached hydrogen (secondary N) is 2. The number of carbonyl (C=O) groups is 4. The molecule has 2 aliphatic heterocycles. The Morgan fingerprint density at radius 2 is 1.83 bits per heavy atom. The van der Waals surface area contributed by atoms with E-state index in [4.69, 9.17) is 14.6 Å². The summed E-state index contributed by atoms with van der Waals surface area (Å²) in [4.78, 5) is 50.1. The first-order valence-electron chi connectivity index (χ1n) is 9.71. The molecule has 0 aliphatic carbocycles. The van der Waals surface area contributed by atoms with Crippen LogP contribution in [0.3, 0.4) is 0 Å². The van der Waals surface area contributed by atoms with Crippen molar-refractivity contribution in [2.75, 3.05) is 18.2 Å². The van der Waals surface area contributed by atoms with Crippen molar-refractivity contribution < 1.29 is 33.8 Å². The molecular formula is C20H25N3O7. The summed E-state index contributed by atoms with van der Waals surface area (Å²) in [6.07, 6.45) is 0.0121. The van der Waals surface area contributed by atoms with Gasteiger partial charge < -0.3 is 30.1 Å². The Labute approximate surface area is 173 Å². The first-order chi connectivity index (χ1) is 14.2. The molecule has 3 unspecified atom stereocenters. The number of benzene rings is 1. The zero-order chi connectivity index (χ0) is 22.0. The highest BCUT2D eigenvalue weighted by Crippen LogP contribution is 2.37. The fraction of sp³-hybridized carbons (Fsp3) is 0.500. The number of hydrogen-bond acceptors (Lipinski definition) is 6. The standard InChI is InChI=1S/C20H25N3O7/c1-10(2)17(19(26)21-11(3)20(27)28)22-18(25)12-6-16(24)23(8-12)13-4-5-14-15(7-13)30-9-29-14/h4-5,7,10-12,17H,6,8-9H2,1-3H3,(H,21,26)(H,22,25)(H,27,28). The average Bonchev–Trinajstić information content (AvgIpc) is 3.30. The van der Waals surface area contributed by atoms with E-state index in [0.717, 1.165) is 0 Å². The molecule has 30 heavy (non-hydrogen) atoms. The Morgan fingerprint density at radius 3 is 2.50 bits per heavy atom. The van der Waals surface area contributed by atoms with Gasteiger partial charge in [-0.1, -0.05) is 13.8 Å². The van der Waals surface area contributed by atoms with Gasteiger partial charge in [-0.25, -0.2) is 0 Å². The van der Waals surface area contributed by atoms with Crippen LogP contribution in [0.2, 0.25) is 0 Å². The summed E-state index contributed by atoms with van der Waals surface area (Å²) in [5.41, 5.74) is 0.605. The molecule has 1 saturated heterocycles. The van der Waals surface area contributed by atoms with Gasteiger partial charge in [-0.15, -0.1) is 0 Å². The summed E-state index contributed by atoms with van der Waals surface area (Å²) in [6, 6.07) is 3.14. The molecular weight excluding hydrogens is 394 g/mol. The first-order valence-corrected chi connectivity index (χ1v) is 9.71. The second-order valence-corrected chi connectivity index (χ2v) is 7.74. The molecule has 3 N–H and O–H groups in total. The number of amides is 3. The van der Waals surface area contributed by atoms with Crippen molar-refractivity contribution in [3.63, 3.8) is 0 Å². The number of nitrogens with zero attached hydrogens (tertiary/aromatic N) is 1. The van der Waals surface area contributed by atoms with E-state index < -0.39 is 35.8 Å². The number of carbonyl (C=O) groups excluding carboxylic acids is 3. The minimum atomic E-state index is -1.17. The van der Waals surface area contributed by atoms with Crippen LogP contribution in [0.5, 0.6) is 11.5 Å². The molecule has 3 amide bonds. The maximum Gasteiger partial charge on any atom is 0.325 e. The Hall–Kier alpha value is -3.30. The third-order valence-electron chi connectivity index (χ3n) is 5.14. The maximum absolute atomic E-state index is 12.8. The minimum Gasteiger partial charge on any atom is -0.480 e. The van der Waals surface area contributed by atoms with Crippen LogP contribution in [0.25, 0.3) is 0 Å². The molecule has 10 heteroatoms. The fourth-order valence-electron chi connectivity index (χ4n) is 3.36. The lowest BCUT2D eigenvalue weighted by Gasteiger charge is -2.24. The van der Waals surface area contributed by atoms with Gasteiger partial charge in [-0.3, -0.25) is 19.2 Å². The zero-order valence-corrected chi connectivity index (χ0v) is 17.0. The number of carboxylic acids is 1. The Balaban J connectivity index is 1.65. The van der Waals surface area contributed by atoms with E-state index in [-0.39, 0.29) is 31.6 Å². The number of aliphatic carboxylic acids is 1. The van der Waals surface area contributed by atoms with Crippen molar-refractivity contribution in [2.45, 2.75) is 39.3 Å². The maximum atomic E-state index is 12.8. The quantitative estimate of drug-likeness (QED) is 0.586. The van der Waals surface area contributed by atoms with Crippen molar-refractivity contribution >= 4 is 29.4 Å². The molecule has 1 fully saturated rings.